The number of hydrogen-bond acceptors (Lipinski definition) is 9. The van der Waals surface area contributed by atoms with Crippen molar-refractivity contribution in [3.63, 3.8) is 0 Å². The third-order valence-electron chi connectivity index (χ3n) is 8.75. The predicted octanol–water partition coefficient (Wildman–Crippen LogP) is 4.18. The molecule has 15 heteroatoms. The second-order valence-corrected chi connectivity index (χ2v) is 15.5. The zero-order valence-electron chi connectivity index (χ0n) is 32.8. The Morgan fingerprint density at radius 2 is 1.21 bits per heavy atom. The summed E-state index contributed by atoms with van der Waals surface area (Å²) >= 11 is 1.41. The molecule has 0 saturated heterocycles. The zero-order chi connectivity index (χ0) is 42.2. The van der Waals surface area contributed by atoms with Crippen molar-refractivity contribution in [3.05, 3.63) is 112 Å². The van der Waals surface area contributed by atoms with E-state index < -0.39 is 65.8 Å². The minimum Gasteiger partial charge on any atom is -0.480 e. The van der Waals surface area contributed by atoms with E-state index in [0.717, 1.165) is 16.0 Å². The molecular weight excluding hydrogens is 763 g/mol. The van der Waals surface area contributed by atoms with Gasteiger partial charge in [-0.05, 0) is 66.6 Å². The average molecular weight is 812 g/mol. The molecule has 1 heterocycles. The Morgan fingerprint density at radius 1 is 0.672 bits per heavy atom. The van der Waals surface area contributed by atoms with Crippen LogP contribution in [0.5, 0.6) is 0 Å². The van der Waals surface area contributed by atoms with Crippen LogP contribution in [0.1, 0.15) is 56.5 Å². The second-order valence-electron chi connectivity index (χ2n) is 14.5. The van der Waals surface area contributed by atoms with Gasteiger partial charge in [0.2, 0.25) is 30.0 Å². The third-order valence-corrected chi connectivity index (χ3v) is 9.65. The van der Waals surface area contributed by atoms with Crippen LogP contribution < -0.4 is 26.6 Å². The summed E-state index contributed by atoms with van der Waals surface area (Å²) in [6.07, 6.45) is -0.0950. The van der Waals surface area contributed by atoms with Crippen molar-refractivity contribution in [2.75, 3.05) is 5.32 Å². The van der Waals surface area contributed by atoms with Gasteiger partial charge >= 0.3 is 11.9 Å². The molecule has 3 aromatic carbocycles. The predicted molar refractivity (Wildman–Crippen MR) is 220 cm³/mol. The average Bonchev–Trinajstić information content (AvgIpc) is 3.70. The molecule has 1 aromatic heterocycles. The Balaban J connectivity index is 1.63. The number of rotatable bonds is 20. The van der Waals surface area contributed by atoms with Crippen LogP contribution in [0.15, 0.2) is 96.4 Å². The quantitative estimate of drug-likeness (QED) is 0.0558. The molecular formula is C43H49N5O9S. The highest BCUT2D eigenvalue weighted by molar-refractivity contribution is 7.09. The molecule has 0 saturated carbocycles. The number of carbonyl (C=O) groups excluding carboxylic acids is 6. The van der Waals surface area contributed by atoms with E-state index in [1.165, 1.54) is 11.3 Å². The van der Waals surface area contributed by atoms with Crippen LogP contribution in [0.3, 0.4) is 0 Å². The van der Waals surface area contributed by atoms with E-state index in [0.29, 0.717) is 23.2 Å². The number of nitrogens with one attached hydrogen (secondary N) is 5. The normalized spacial score (nSPS) is 13.1. The maximum absolute atomic E-state index is 14.3. The van der Waals surface area contributed by atoms with Gasteiger partial charge in [0.05, 0.1) is 6.42 Å². The van der Waals surface area contributed by atoms with Gasteiger partial charge in [-0.25, -0.2) is 4.79 Å². The lowest BCUT2D eigenvalue weighted by Gasteiger charge is -2.27. The molecule has 6 N–H and O–H groups in total. The van der Waals surface area contributed by atoms with Crippen LogP contribution >= 0.6 is 11.3 Å². The summed E-state index contributed by atoms with van der Waals surface area (Å²) in [5, 5.41) is 24.9. The van der Waals surface area contributed by atoms with E-state index in [4.69, 9.17) is 4.74 Å². The van der Waals surface area contributed by atoms with Crippen molar-refractivity contribution in [1.82, 2.24) is 21.3 Å². The van der Waals surface area contributed by atoms with Gasteiger partial charge in [-0.3, -0.25) is 28.8 Å². The van der Waals surface area contributed by atoms with Crippen LogP contribution in [0.4, 0.5) is 5.69 Å². The number of thiophene rings is 1. The second kappa shape index (κ2) is 21.3. The number of aliphatic carboxylic acids is 1. The molecule has 0 spiro atoms. The van der Waals surface area contributed by atoms with Crippen LogP contribution in [-0.4, -0.2) is 76.9 Å². The number of carboxylic acid groups (broad SMARTS) is 1. The highest BCUT2D eigenvalue weighted by atomic mass is 32.1. The standard InChI is InChI=1S/C43H49N5O9S/c1-5-37(50)45-34(24-32-12-9-21-58-32)40(53)46-33(22-27-13-17-30(18-14-27)29-10-7-6-8-11-29)39(52)47-35(25-38(51)57-43(2,3)4)41(54)48-36(42(55)56)23-28-15-19-31(20-16-28)44-26-49/h6-21,26,33-36H,5,22-25H2,1-4H3,(H,44,49)(H,45,50)(H,46,53)(H,47,52)(H,48,54)(H,55,56)/t33-,34+,35-,36-/m0/s1. The lowest BCUT2D eigenvalue weighted by Crippen LogP contribution is -2.59. The summed E-state index contributed by atoms with van der Waals surface area (Å²) in [5.41, 5.74) is 2.60. The Kier molecular flexibility index (Phi) is 16.3. The topological polar surface area (TPSA) is 209 Å². The summed E-state index contributed by atoms with van der Waals surface area (Å²) in [7, 11) is 0. The minimum absolute atomic E-state index is 0.0480. The molecule has 0 bridgehead atoms. The van der Waals surface area contributed by atoms with Crippen molar-refractivity contribution in [3.8, 4) is 11.1 Å². The molecule has 0 unspecified atom stereocenters. The number of amides is 5. The molecule has 0 fully saturated rings. The molecule has 0 radical (unpaired) electrons. The van der Waals surface area contributed by atoms with Gasteiger partial charge in [0.1, 0.15) is 29.8 Å². The summed E-state index contributed by atoms with van der Waals surface area (Å²) in [6, 6.07) is 21.5. The minimum atomic E-state index is -1.62. The van der Waals surface area contributed by atoms with Crippen LogP contribution in [0, 0.1) is 0 Å². The number of carboxylic acids is 1. The smallest absolute Gasteiger partial charge is 0.326 e. The van der Waals surface area contributed by atoms with Gasteiger partial charge in [0.15, 0.2) is 0 Å². The van der Waals surface area contributed by atoms with E-state index in [9.17, 15) is 38.7 Å². The van der Waals surface area contributed by atoms with Crippen molar-refractivity contribution in [2.45, 2.75) is 89.6 Å². The maximum atomic E-state index is 14.3. The number of esters is 1. The summed E-state index contributed by atoms with van der Waals surface area (Å²) in [6.45, 7) is 6.55. The van der Waals surface area contributed by atoms with Gasteiger partial charge in [0, 0.05) is 36.2 Å². The number of benzene rings is 3. The van der Waals surface area contributed by atoms with Crippen molar-refractivity contribution >= 4 is 59.0 Å². The van der Waals surface area contributed by atoms with Crippen molar-refractivity contribution in [1.29, 1.82) is 0 Å². The first-order valence-corrected chi connectivity index (χ1v) is 19.6. The van der Waals surface area contributed by atoms with E-state index in [-0.39, 0.29) is 31.6 Å². The van der Waals surface area contributed by atoms with E-state index >= 15 is 0 Å². The molecule has 5 amide bonds. The van der Waals surface area contributed by atoms with Gasteiger partial charge in [0.25, 0.3) is 0 Å². The van der Waals surface area contributed by atoms with E-state index in [1.807, 2.05) is 60.0 Å². The number of carbonyl (C=O) groups is 7. The first-order valence-electron chi connectivity index (χ1n) is 18.7. The summed E-state index contributed by atoms with van der Waals surface area (Å²) in [4.78, 5) is 91.7. The molecule has 4 atom stereocenters. The van der Waals surface area contributed by atoms with Crippen LogP contribution in [0.25, 0.3) is 11.1 Å². The Morgan fingerprint density at radius 3 is 1.76 bits per heavy atom. The van der Waals surface area contributed by atoms with Gasteiger partial charge < -0.3 is 36.4 Å². The number of hydrogen-bond donors (Lipinski definition) is 6. The van der Waals surface area contributed by atoms with Gasteiger partial charge in [-0.1, -0.05) is 79.7 Å². The number of anilines is 1. The Labute approximate surface area is 341 Å². The molecule has 0 aliphatic carbocycles. The monoisotopic (exact) mass is 811 g/mol. The largest absolute Gasteiger partial charge is 0.480 e. The first kappa shape index (κ1) is 44.4. The zero-order valence-corrected chi connectivity index (χ0v) is 33.6. The summed E-state index contributed by atoms with van der Waals surface area (Å²) in [5.74, 6) is -5.05. The highest BCUT2D eigenvalue weighted by Crippen LogP contribution is 2.20. The summed E-state index contributed by atoms with van der Waals surface area (Å²) < 4.78 is 5.45. The molecule has 306 valence electrons. The fourth-order valence-electron chi connectivity index (χ4n) is 5.86. The fraction of sp³-hybridized carbons (Fsp3) is 0.326. The molecule has 0 aliphatic rings. The van der Waals surface area contributed by atoms with Crippen LogP contribution in [0.2, 0.25) is 0 Å². The lowest BCUT2D eigenvalue weighted by molar-refractivity contribution is -0.156. The van der Waals surface area contributed by atoms with Gasteiger partial charge in [-0.2, -0.15) is 0 Å². The molecule has 14 nitrogen and oxygen atoms in total. The lowest BCUT2D eigenvalue weighted by atomic mass is 9.99. The van der Waals surface area contributed by atoms with E-state index in [1.54, 1.807) is 64.1 Å². The van der Waals surface area contributed by atoms with E-state index in [2.05, 4.69) is 26.6 Å². The fourth-order valence-corrected chi connectivity index (χ4v) is 6.61. The van der Waals surface area contributed by atoms with Crippen LogP contribution in [-0.2, 0) is 57.6 Å². The molecule has 4 aromatic rings. The highest BCUT2D eigenvalue weighted by Gasteiger charge is 2.34. The third kappa shape index (κ3) is 14.3. The Bertz CT molecular complexity index is 2020. The SMILES string of the molecule is CCC(=O)N[C@H](Cc1cccs1)C(=O)N[C@@H](Cc1ccc(-c2ccccc2)cc1)C(=O)N[C@@H](CC(=O)OC(C)(C)C)C(=O)N[C@@H](Cc1ccc(NC=O)cc1)C(=O)O. The Hall–Kier alpha value is -6.35. The van der Waals surface area contributed by atoms with Crippen molar-refractivity contribution < 1.29 is 43.4 Å². The molecule has 58 heavy (non-hydrogen) atoms. The van der Waals surface area contributed by atoms with Crippen molar-refractivity contribution in [2.24, 2.45) is 0 Å². The number of ether oxygens (including phenoxy) is 1. The van der Waals surface area contributed by atoms with Gasteiger partial charge in [-0.15, -0.1) is 11.3 Å². The molecule has 0 aliphatic heterocycles. The first-order chi connectivity index (χ1) is 27.6. The maximum Gasteiger partial charge on any atom is 0.326 e. The molecule has 4 rings (SSSR count).